The van der Waals surface area contributed by atoms with Gasteiger partial charge < -0.3 is 5.73 Å². The highest BCUT2D eigenvalue weighted by atomic mass is 19.1. The van der Waals surface area contributed by atoms with Gasteiger partial charge in [-0.1, -0.05) is 32.4 Å². The Morgan fingerprint density at radius 2 is 2.00 bits per heavy atom. The molecule has 2 N–H and O–H groups in total. The number of nitrogens with two attached hydrogens (primary N) is 1. The van der Waals surface area contributed by atoms with Crippen molar-refractivity contribution in [3.05, 3.63) is 35.1 Å². The Kier molecular flexibility index (Phi) is 7.17. The van der Waals surface area contributed by atoms with E-state index in [4.69, 9.17) is 5.73 Å². The Morgan fingerprint density at radius 3 is 2.50 bits per heavy atom. The van der Waals surface area contributed by atoms with Gasteiger partial charge in [0.2, 0.25) is 0 Å². The highest BCUT2D eigenvalue weighted by molar-refractivity contribution is 5.27. The number of benzene rings is 1. The summed E-state index contributed by atoms with van der Waals surface area (Å²) in [4.78, 5) is 2.47. The molecule has 1 aromatic carbocycles. The number of hydrogen-bond donors (Lipinski definition) is 1. The van der Waals surface area contributed by atoms with E-state index < -0.39 is 0 Å². The van der Waals surface area contributed by atoms with Crippen molar-refractivity contribution in [1.29, 1.82) is 0 Å². The molecule has 1 aromatic rings. The lowest BCUT2D eigenvalue weighted by atomic mass is 10.00. The minimum absolute atomic E-state index is 0.145. The maximum atomic E-state index is 13.4. The Balaban J connectivity index is 3.01. The number of nitrogens with zero attached hydrogens (tertiary/aromatic N) is 1. The van der Waals surface area contributed by atoms with E-state index in [1.54, 1.807) is 6.07 Å². The number of unbranched alkanes of at least 4 members (excludes halogenated alkanes) is 1. The molecular formula is C17H29FN2. The van der Waals surface area contributed by atoms with Gasteiger partial charge in [-0.05, 0) is 50.4 Å². The van der Waals surface area contributed by atoms with Crippen LogP contribution in [0.5, 0.6) is 0 Å². The van der Waals surface area contributed by atoms with Gasteiger partial charge in [0.05, 0.1) is 0 Å². The molecule has 0 aliphatic carbocycles. The molecule has 0 heterocycles. The molecule has 0 aromatic heterocycles. The van der Waals surface area contributed by atoms with E-state index in [0.29, 0.717) is 18.2 Å². The normalized spacial score (nSPS) is 14.6. The van der Waals surface area contributed by atoms with Crippen LogP contribution < -0.4 is 5.73 Å². The summed E-state index contributed by atoms with van der Waals surface area (Å²) in [5.74, 6) is -0.145. The minimum atomic E-state index is -0.145. The Bertz CT molecular complexity index is 406. The van der Waals surface area contributed by atoms with Gasteiger partial charge >= 0.3 is 0 Å². The second-order valence-corrected chi connectivity index (χ2v) is 5.61. The summed E-state index contributed by atoms with van der Waals surface area (Å²) < 4.78 is 13.4. The monoisotopic (exact) mass is 280 g/mol. The first-order valence-corrected chi connectivity index (χ1v) is 7.76. The third-order valence-corrected chi connectivity index (χ3v) is 4.12. The summed E-state index contributed by atoms with van der Waals surface area (Å²) >= 11 is 0. The molecule has 0 saturated heterocycles. The molecule has 114 valence electrons. The fraction of sp³-hybridized carbons (Fsp3) is 0.647. The zero-order chi connectivity index (χ0) is 15.1. The summed E-state index contributed by atoms with van der Waals surface area (Å²) in [5.41, 5.74) is 7.85. The van der Waals surface area contributed by atoms with Crippen molar-refractivity contribution in [2.75, 3.05) is 13.1 Å². The number of rotatable bonds is 8. The Hall–Kier alpha value is -0.930. The van der Waals surface area contributed by atoms with E-state index in [2.05, 4.69) is 25.7 Å². The van der Waals surface area contributed by atoms with Gasteiger partial charge in [-0.25, -0.2) is 4.39 Å². The number of halogens is 1. The third-order valence-electron chi connectivity index (χ3n) is 4.12. The summed E-state index contributed by atoms with van der Waals surface area (Å²) in [5, 5.41) is 0. The van der Waals surface area contributed by atoms with Gasteiger partial charge in [-0.15, -0.1) is 0 Å². The third kappa shape index (κ3) is 4.29. The van der Waals surface area contributed by atoms with Crippen LogP contribution in [0.15, 0.2) is 18.2 Å². The van der Waals surface area contributed by atoms with E-state index in [1.165, 1.54) is 12.8 Å². The van der Waals surface area contributed by atoms with Crippen molar-refractivity contribution in [1.82, 2.24) is 4.90 Å². The van der Waals surface area contributed by atoms with Crippen molar-refractivity contribution in [3.8, 4) is 0 Å². The van der Waals surface area contributed by atoms with Crippen molar-refractivity contribution in [3.63, 3.8) is 0 Å². The highest BCUT2D eigenvalue weighted by Gasteiger charge is 2.23. The second kappa shape index (κ2) is 8.38. The molecular weight excluding hydrogens is 251 g/mol. The largest absolute Gasteiger partial charge is 0.329 e. The molecule has 2 unspecified atom stereocenters. The molecule has 0 saturated carbocycles. The average molecular weight is 280 g/mol. The average Bonchev–Trinajstić information content (AvgIpc) is 2.46. The molecule has 1 rings (SSSR count). The smallest absolute Gasteiger partial charge is 0.126 e. The van der Waals surface area contributed by atoms with Gasteiger partial charge in [0, 0.05) is 18.6 Å². The molecule has 0 spiro atoms. The van der Waals surface area contributed by atoms with Gasteiger partial charge in [0.15, 0.2) is 0 Å². The number of aryl methyl sites for hydroxylation is 1. The van der Waals surface area contributed by atoms with Crippen LogP contribution in [0, 0.1) is 12.7 Å². The molecule has 3 heteroatoms. The van der Waals surface area contributed by atoms with Crippen molar-refractivity contribution in [2.45, 2.75) is 59.0 Å². The van der Waals surface area contributed by atoms with Gasteiger partial charge in [-0.2, -0.15) is 0 Å². The predicted molar refractivity (Wildman–Crippen MR) is 84.3 cm³/mol. The van der Waals surface area contributed by atoms with Crippen LogP contribution in [0.4, 0.5) is 4.39 Å². The van der Waals surface area contributed by atoms with Crippen molar-refractivity contribution in [2.24, 2.45) is 5.73 Å². The zero-order valence-electron chi connectivity index (χ0n) is 13.3. The molecule has 0 radical (unpaired) electrons. The maximum Gasteiger partial charge on any atom is 0.126 e. The molecule has 0 aliphatic rings. The molecule has 0 bridgehead atoms. The fourth-order valence-electron chi connectivity index (χ4n) is 2.60. The van der Waals surface area contributed by atoms with Crippen LogP contribution >= 0.6 is 0 Å². The molecule has 0 aliphatic heterocycles. The summed E-state index contributed by atoms with van der Waals surface area (Å²) in [6, 6.07) is 6.04. The number of hydrogen-bond acceptors (Lipinski definition) is 2. The van der Waals surface area contributed by atoms with Gasteiger partial charge in [0.25, 0.3) is 0 Å². The second-order valence-electron chi connectivity index (χ2n) is 5.61. The summed E-state index contributed by atoms with van der Waals surface area (Å²) in [7, 11) is 0. The SMILES string of the molecule is CCCCN(C(C)CC)C(CN)c1ccc(F)c(C)c1. The Morgan fingerprint density at radius 1 is 1.30 bits per heavy atom. The standard InChI is InChI=1S/C17H29FN2/c1-5-7-10-20(14(4)6-2)17(12-19)15-8-9-16(18)13(3)11-15/h8-9,11,14,17H,5-7,10,12,19H2,1-4H3. The maximum absolute atomic E-state index is 13.4. The van der Waals surface area contributed by atoms with Crippen LogP contribution in [0.25, 0.3) is 0 Å². The quantitative estimate of drug-likeness (QED) is 0.779. The molecule has 20 heavy (non-hydrogen) atoms. The van der Waals surface area contributed by atoms with Crippen LogP contribution in [-0.4, -0.2) is 24.0 Å². The summed E-state index contributed by atoms with van der Waals surface area (Å²) in [6.07, 6.45) is 3.44. The minimum Gasteiger partial charge on any atom is -0.329 e. The summed E-state index contributed by atoms with van der Waals surface area (Å²) in [6.45, 7) is 10.1. The molecule has 2 nitrogen and oxygen atoms in total. The van der Waals surface area contributed by atoms with Gasteiger partial charge in [0.1, 0.15) is 5.82 Å². The first-order valence-electron chi connectivity index (χ1n) is 7.76. The zero-order valence-corrected chi connectivity index (χ0v) is 13.3. The first kappa shape index (κ1) is 17.1. The van der Waals surface area contributed by atoms with Gasteiger partial charge in [-0.3, -0.25) is 4.90 Å². The van der Waals surface area contributed by atoms with E-state index in [1.807, 2.05) is 19.1 Å². The van der Waals surface area contributed by atoms with E-state index in [9.17, 15) is 4.39 Å². The lowest BCUT2D eigenvalue weighted by Crippen LogP contribution is -2.40. The van der Waals surface area contributed by atoms with Crippen LogP contribution in [0.2, 0.25) is 0 Å². The molecule has 0 amide bonds. The van der Waals surface area contributed by atoms with Crippen LogP contribution in [0.1, 0.15) is 57.2 Å². The first-order chi connectivity index (χ1) is 9.54. The lowest BCUT2D eigenvalue weighted by Gasteiger charge is -2.36. The predicted octanol–water partition coefficient (Wildman–Crippen LogP) is 4.03. The van der Waals surface area contributed by atoms with Crippen LogP contribution in [0.3, 0.4) is 0 Å². The van der Waals surface area contributed by atoms with E-state index >= 15 is 0 Å². The lowest BCUT2D eigenvalue weighted by molar-refractivity contribution is 0.141. The van der Waals surface area contributed by atoms with Crippen molar-refractivity contribution < 1.29 is 4.39 Å². The van der Waals surface area contributed by atoms with Crippen LogP contribution in [-0.2, 0) is 0 Å². The van der Waals surface area contributed by atoms with Crippen molar-refractivity contribution >= 4 is 0 Å². The molecule has 0 fully saturated rings. The molecule has 2 atom stereocenters. The Labute approximate surface area is 123 Å². The highest BCUT2D eigenvalue weighted by Crippen LogP contribution is 2.25. The fourth-order valence-corrected chi connectivity index (χ4v) is 2.60. The van der Waals surface area contributed by atoms with E-state index in [0.717, 1.165) is 18.5 Å². The topological polar surface area (TPSA) is 29.3 Å². The van der Waals surface area contributed by atoms with E-state index in [-0.39, 0.29) is 11.9 Å².